The average Bonchev–Trinajstić information content (AvgIpc) is 3.13. The zero-order chi connectivity index (χ0) is 18.9. The highest BCUT2D eigenvalue weighted by Crippen LogP contribution is 2.46. The Labute approximate surface area is 156 Å². The highest BCUT2D eigenvalue weighted by molar-refractivity contribution is 5.66. The summed E-state index contributed by atoms with van der Waals surface area (Å²) in [6.07, 6.45) is 14.4. The maximum absolute atomic E-state index is 10.5. The van der Waals surface area contributed by atoms with E-state index in [-0.39, 0.29) is 30.5 Å². The van der Waals surface area contributed by atoms with E-state index < -0.39 is 18.2 Å². The van der Waals surface area contributed by atoms with Gasteiger partial charge < -0.3 is 20.1 Å². The maximum atomic E-state index is 10.5. The van der Waals surface area contributed by atoms with Crippen LogP contribution in [0.4, 0.5) is 0 Å². The molecular formula is C21H34O5. The molecule has 2 heterocycles. The molecule has 0 radical (unpaired) electrons. The fraction of sp³-hybridized carbons (Fsp3) is 0.762. The zero-order valence-corrected chi connectivity index (χ0v) is 15.8. The van der Waals surface area contributed by atoms with Crippen LogP contribution in [0.15, 0.2) is 24.3 Å². The summed E-state index contributed by atoms with van der Waals surface area (Å²) >= 11 is 0. The number of allylic oxidation sites excluding steroid dienone is 2. The van der Waals surface area contributed by atoms with Crippen molar-refractivity contribution in [2.24, 2.45) is 11.8 Å². The molecular weight excluding hydrogens is 332 g/mol. The van der Waals surface area contributed by atoms with Gasteiger partial charge in [-0.2, -0.15) is 0 Å². The molecule has 6 atom stereocenters. The Hall–Kier alpha value is -1.17. The minimum absolute atomic E-state index is 0.0412. The van der Waals surface area contributed by atoms with E-state index >= 15 is 0 Å². The molecule has 2 fully saturated rings. The van der Waals surface area contributed by atoms with Gasteiger partial charge in [-0.05, 0) is 31.6 Å². The van der Waals surface area contributed by atoms with Crippen molar-refractivity contribution in [2.45, 2.75) is 89.1 Å². The van der Waals surface area contributed by atoms with E-state index in [1.54, 1.807) is 0 Å². The normalized spacial score (nSPS) is 32.0. The molecule has 0 aromatic heterocycles. The van der Waals surface area contributed by atoms with Gasteiger partial charge in [0.25, 0.3) is 0 Å². The van der Waals surface area contributed by atoms with Crippen molar-refractivity contribution in [3.8, 4) is 0 Å². The molecule has 0 aromatic rings. The molecule has 2 saturated heterocycles. The van der Waals surface area contributed by atoms with Crippen molar-refractivity contribution in [3.63, 3.8) is 0 Å². The molecule has 0 spiro atoms. The van der Waals surface area contributed by atoms with E-state index in [9.17, 15) is 15.0 Å². The number of ether oxygens (including phenoxy) is 1. The van der Waals surface area contributed by atoms with Crippen LogP contribution in [-0.2, 0) is 9.53 Å². The Morgan fingerprint density at radius 3 is 2.81 bits per heavy atom. The first-order valence-corrected chi connectivity index (χ1v) is 10.1. The molecule has 2 aliphatic rings. The summed E-state index contributed by atoms with van der Waals surface area (Å²) in [6, 6.07) is 0. The number of hydrogen-bond donors (Lipinski definition) is 3. The fourth-order valence-electron chi connectivity index (χ4n) is 4.11. The number of hydrogen-bond acceptors (Lipinski definition) is 4. The Morgan fingerprint density at radius 2 is 2.08 bits per heavy atom. The van der Waals surface area contributed by atoms with Crippen LogP contribution in [0, 0.1) is 11.8 Å². The van der Waals surface area contributed by atoms with Crippen LogP contribution in [0.3, 0.4) is 0 Å². The summed E-state index contributed by atoms with van der Waals surface area (Å²) < 4.78 is 5.96. The summed E-state index contributed by atoms with van der Waals surface area (Å²) in [5.41, 5.74) is 0. The number of aliphatic hydroxyl groups is 2. The Balaban J connectivity index is 1.84. The highest BCUT2D eigenvalue weighted by Gasteiger charge is 2.51. The van der Waals surface area contributed by atoms with Crippen LogP contribution in [0.25, 0.3) is 0 Å². The smallest absolute Gasteiger partial charge is 0.303 e. The molecule has 1 unspecified atom stereocenters. The number of aliphatic carboxylic acids is 1. The van der Waals surface area contributed by atoms with Crippen molar-refractivity contribution < 1.29 is 24.9 Å². The monoisotopic (exact) mass is 366 g/mol. The molecule has 5 heteroatoms. The Morgan fingerprint density at radius 1 is 1.27 bits per heavy atom. The molecule has 2 bridgehead atoms. The number of aliphatic hydroxyl groups excluding tert-OH is 2. The number of carboxylic acid groups (broad SMARTS) is 1. The lowest BCUT2D eigenvalue weighted by atomic mass is 9.76. The summed E-state index contributed by atoms with van der Waals surface area (Å²) in [6.45, 7) is 2.15. The van der Waals surface area contributed by atoms with Crippen LogP contribution in [-0.4, -0.2) is 45.7 Å². The van der Waals surface area contributed by atoms with E-state index in [1.807, 2.05) is 12.2 Å². The molecule has 148 valence electrons. The standard InChI is InChI=1S/C21H34O5/c1-2-3-6-9-15(22)12-13-16-17(21-18(23)14-19(16)26-21)10-7-4-5-8-11-20(24)25/h4,7,12-13,15-19,21-23H,2-3,5-6,8-11,14H2,1H3,(H,24,25)/b7-4-,13-12+/t15?,16-,17-,18+,19-,21-/m1/s1. The van der Waals surface area contributed by atoms with Gasteiger partial charge in [-0.3, -0.25) is 4.79 Å². The van der Waals surface area contributed by atoms with Crippen LogP contribution >= 0.6 is 0 Å². The van der Waals surface area contributed by atoms with Gasteiger partial charge in [-0.1, -0.05) is 50.5 Å². The first-order valence-electron chi connectivity index (χ1n) is 10.1. The van der Waals surface area contributed by atoms with Crippen LogP contribution in [0.5, 0.6) is 0 Å². The highest BCUT2D eigenvalue weighted by atomic mass is 16.5. The second kappa shape index (κ2) is 10.9. The molecule has 2 aliphatic heterocycles. The largest absolute Gasteiger partial charge is 0.481 e. The SMILES string of the molecule is CCCCCC(O)/C=C/[C@@H]1[C@@H](C/C=C\CCCC(=O)O)[C@H]2O[C@@H]1C[C@@H]2O. The molecule has 0 amide bonds. The van der Waals surface area contributed by atoms with Gasteiger partial charge >= 0.3 is 5.97 Å². The van der Waals surface area contributed by atoms with E-state index in [4.69, 9.17) is 9.84 Å². The van der Waals surface area contributed by atoms with E-state index in [0.29, 0.717) is 12.8 Å². The lowest BCUT2D eigenvalue weighted by molar-refractivity contribution is -0.137. The summed E-state index contributed by atoms with van der Waals surface area (Å²) in [4.78, 5) is 10.5. The predicted octanol–water partition coefficient (Wildman–Crippen LogP) is 3.45. The second-order valence-corrected chi connectivity index (χ2v) is 7.62. The van der Waals surface area contributed by atoms with Crippen molar-refractivity contribution in [1.29, 1.82) is 0 Å². The fourth-order valence-corrected chi connectivity index (χ4v) is 4.11. The number of carbonyl (C=O) groups is 1. The molecule has 0 saturated carbocycles. The van der Waals surface area contributed by atoms with Crippen molar-refractivity contribution in [2.75, 3.05) is 0 Å². The third kappa shape index (κ3) is 6.22. The van der Waals surface area contributed by atoms with Gasteiger partial charge in [0, 0.05) is 18.8 Å². The van der Waals surface area contributed by atoms with E-state index in [1.165, 1.54) is 0 Å². The van der Waals surface area contributed by atoms with Crippen molar-refractivity contribution >= 4 is 5.97 Å². The van der Waals surface area contributed by atoms with E-state index in [0.717, 1.165) is 38.5 Å². The molecule has 0 aliphatic carbocycles. The first kappa shape index (κ1) is 21.1. The van der Waals surface area contributed by atoms with Gasteiger partial charge in [-0.15, -0.1) is 0 Å². The van der Waals surface area contributed by atoms with Crippen molar-refractivity contribution in [3.05, 3.63) is 24.3 Å². The minimum Gasteiger partial charge on any atom is -0.481 e. The number of unbranched alkanes of at least 4 members (excludes halogenated alkanes) is 3. The second-order valence-electron chi connectivity index (χ2n) is 7.62. The minimum atomic E-state index is -0.759. The molecule has 5 nitrogen and oxygen atoms in total. The Bertz CT molecular complexity index is 487. The maximum Gasteiger partial charge on any atom is 0.303 e. The molecule has 2 rings (SSSR count). The first-order chi connectivity index (χ1) is 12.5. The van der Waals surface area contributed by atoms with Gasteiger partial charge in [0.05, 0.1) is 24.4 Å². The summed E-state index contributed by atoms with van der Waals surface area (Å²) in [5, 5.41) is 28.9. The lowest BCUT2D eigenvalue weighted by Gasteiger charge is -2.28. The number of rotatable bonds is 12. The van der Waals surface area contributed by atoms with Gasteiger partial charge in [0.2, 0.25) is 0 Å². The van der Waals surface area contributed by atoms with Crippen molar-refractivity contribution in [1.82, 2.24) is 0 Å². The third-order valence-corrected chi connectivity index (χ3v) is 5.53. The average molecular weight is 366 g/mol. The van der Waals surface area contributed by atoms with Crippen LogP contribution in [0.2, 0.25) is 0 Å². The van der Waals surface area contributed by atoms with Crippen LogP contribution < -0.4 is 0 Å². The van der Waals surface area contributed by atoms with Gasteiger partial charge in [0.15, 0.2) is 0 Å². The van der Waals surface area contributed by atoms with Gasteiger partial charge in [-0.25, -0.2) is 0 Å². The summed E-state index contributed by atoms with van der Waals surface area (Å²) in [7, 11) is 0. The van der Waals surface area contributed by atoms with Crippen LogP contribution in [0.1, 0.15) is 64.7 Å². The zero-order valence-electron chi connectivity index (χ0n) is 15.8. The number of carboxylic acids is 1. The quantitative estimate of drug-likeness (QED) is 0.364. The number of fused-ring (bicyclic) bond motifs is 2. The third-order valence-electron chi connectivity index (χ3n) is 5.53. The van der Waals surface area contributed by atoms with Gasteiger partial charge in [0.1, 0.15) is 0 Å². The lowest BCUT2D eigenvalue weighted by Crippen LogP contribution is -2.35. The Kier molecular flexibility index (Phi) is 8.82. The predicted molar refractivity (Wildman–Crippen MR) is 101 cm³/mol. The molecule has 0 aromatic carbocycles. The van der Waals surface area contributed by atoms with E-state index in [2.05, 4.69) is 19.1 Å². The topological polar surface area (TPSA) is 87.0 Å². The molecule has 3 N–H and O–H groups in total. The molecule has 26 heavy (non-hydrogen) atoms. The summed E-state index contributed by atoms with van der Waals surface area (Å²) in [5.74, 6) is -0.308.